The van der Waals surface area contributed by atoms with Crippen molar-refractivity contribution >= 4 is 28.1 Å². The SMILES string of the molecule is O=[N+]([O-])c1ccc(O)c(Nc2nc(-c3cccnc3)nc3ccccc23)c1. The van der Waals surface area contributed by atoms with E-state index in [1.54, 1.807) is 18.5 Å². The number of para-hydroxylation sites is 1. The van der Waals surface area contributed by atoms with Gasteiger partial charge in [-0.25, -0.2) is 9.97 Å². The summed E-state index contributed by atoms with van der Waals surface area (Å²) in [7, 11) is 0. The molecule has 0 aliphatic carbocycles. The van der Waals surface area contributed by atoms with Gasteiger partial charge in [-0.15, -0.1) is 0 Å². The number of phenols is 1. The molecule has 0 atom stereocenters. The van der Waals surface area contributed by atoms with Crippen molar-refractivity contribution in [2.75, 3.05) is 5.32 Å². The maximum absolute atomic E-state index is 11.0. The monoisotopic (exact) mass is 359 g/mol. The fraction of sp³-hybridized carbons (Fsp3) is 0. The molecule has 2 N–H and O–H groups in total. The number of hydrogen-bond acceptors (Lipinski definition) is 7. The predicted molar refractivity (Wildman–Crippen MR) is 101 cm³/mol. The van der Waals surface area contributed by atoms with Crippen molar-refractivity contribution in [2.24, 2.45) is 0 Å². The molecule has 0 spiro atoms. The van der Waals surface area contributed by atoms with Gasteiger partial charge in [0, 0.05) is 35.5 Å². The number of anilines is 2. The molecule has 2 aromatic carbocycles. The summed E-state index contributed by atoms with van der Waals surface area (Å²) in [6.07, 6.45) is 3.31. The quantitative estimate of drug-likeness (QED) is 0.321. The van der Waals surface area contributed by atoms with E-state index in [0.29, 0.717) is 17.2 Å². The molecule has 8 heteroatoms. The van der Waals surface area contributed by atoms with Gasteiger partial charge in [0.1, 0.15) is 11.6 Å². The third kappa shape index (κ3) is 3.23. The molecular weight excluding hydrogens is 346 g/mol. The number of fused-ring (bicyclic) bond motifs is 1. The molecule has 0 radical (unpaired) electrons. The van der Waals surface area contributed by atoms with Gasteiger partial charge in [-0.3, -0.25) is 15.1 Å². The van der Waals surface area contributed by atoms with E-state index >= 15 is 0 Å². The van der Waals surface area contributed by atoms with Gasteiger partial charge < -0.3 is 10.4 Å². The fourth-order valence-electron chi connectivity index (χ4n) is 2.66. The average molecular weight is 359 g/mol. The summed E-state index contributed by atoms with van der Waals surface area (Å²) in [6.45, 7) is 0. The Hall–Kier alpha value is -4.07. The summed E-state index contributed by atoms with van der Waals surface area (Å²) in [5, 5.41) is 24.8. The molecule has 2 aromatic heterocycles. The average Bonchev–Trinajstić information content (AvgIpc) is 2.70. The van der Waals surface area contributed by atoms with Crippen molar-refractivity contribution < 1.29 is 10.0 Å². The molecule has 0 aliphatic heterocycles. The number of nitro benzene ring substituents is 1. The van der Waals surface area contributed by atoms with Crippen LogP contribution in [0.4, 0.5) is 17.2 Å². The minimum absolute atomic E-state index is 0.119. The number of pyridine rings is 1. The first-order chi connectivity index (χ1) is 13.1. The molecule has 0 aliphatic rings. The van der Waals surface area contributed by atoms with Crippen LogP contribution < -0.4 is 5.32 Å². The van der Waals surface area contributed by atoms with Crippen LogP contribution in [0.1, 0.15) is 0 Å². The Morgan fingerprint density at radius 3 is 2.67 bits per heavy atom. The molecule has 0 bridgehead atoms. The Balaban J connectivity index is 1.86. The number of aromatic nitrogens is 3. The van der Waals surface area contributed by atoms with E-state index in [9.17, 15) is 15.2 Å². The second kappa shape index (κ2) is 6.68. The van der Waals surface area contributed by atoms with E-state index in [1.165, 1.54) is 18.2 Å². The second-order valence-electron chi connectivity index (χ2n) is 5.74. The summed E-state index contributed by atoms with van der Waals surface area (Å²) in [5.74, 6) is 0.760. The van der Waals surface area contributed by atoms with Crippen molar-refractivity contribution in [1.29, 1.82) is 0 Å². The molecule has 132 valence electrons. The first-order valence-electron chi connectivity index (χ1n) is 8.03. The molecule has 4 rings (SSSR count). The second-order valence-corrected chi connectivity index (χ2v) is 5.74. The predicted octanol–water partition coefficient (Wildman–Crippen LogP) is 4.05. The first-order valence-corrected chi connectivity index (χ1v) is 8.03. The van der Waals surface area contributed by atoms with Crippen LogP contribution >= 0.6 is 0 Å². The number of non-ortho nitro benzene ring substituents is 1. The zero-order chi connectivity index (χ0) is 18.8. The van der Waals surface area contributed by atoms with Gasteiger partial charge in [0.25, 0.3) is 5.69 Å². The van der Waals surface area contributed by atoms with Crippen LogP contribution in [-0.2, 0) is 0 Å². The lowest BCUT2D eigenvalue weighted by Crippen LogP contribution is -2.00. The van der Waals surface area contributed by atoms with Crippen LogP contribution in [0.25, 0.3) is 22.3 Å². The topological polar surface area (TPSA) is 114 Å². The van der Waals surface area contributed by atoms with Gasteiger partial charge in [-0.1, -0.05) is 12.1 Å². The van der Waals surface area contributed by atoms with Crippen molar-refractivity contribution in [3.05, 3.63) is 77.1 Å². The maximum Gasteiger partial charge on any atom is 0.271 e. The van der Waals surface area contributed by atoms with Crippen LogP contribution in [0.2, 0.25) is 0 Å². The Kier molecular flexibility index (Phi) is 4.06. The normalized spacial score (nSPS) is 10.7. The lowest BCUT2D eigenvalue weighted by molar-refractivity contribution is -0.384. The molecule has 2 heterocycles. The molecule has 0 unspecified atom stereocenters. The number of nitrogens with zero attached hydrogens (tertiary/aromatic N) is 4. The van der Waals surface area contributed by atoms with Crippen LogP contribution in [-0.4, -0.2) is 25.0 Å². The largest absolute Gasteiger partial charge is 0.506 e. The standard InChI is InChI=1S/C19H13N5O3/c25-17-8-7-13(24(26)27)10-16(17)22-19-14-5-1-2-6-15(14)21-18(23-19)12-4-3-9-20-11-12/h1-11,25H,(H,21,22,23). The minimum atomic E-state index is -0.524. The Labute approximate surface area is 153 Å². The highest BCUT2D eigenvalue weighted by molar-refractivity contribution is 5.92. The maximum atomic E-state index is 11.0. The number of nitrogens with one attached hydrogen (secondary N) is 1. The van der Waals surface area contributed by atoms with Crippen LogP contribution in [0, 0.1) is 10.1 Å². The number of nitro groups is 1. The molecular formula is C19H13N5O3. The van der Waals surface area contributed by atoms with E-state index in [2.05, 4.69) is 20.3 Å². The zero-order valence-corrected chi connectivity index (χ0v) is 13.9. The lowest BCUT2D eigenvalue weighted by atomic mass is 10.2. The number of hydrogen-bond donors (Lipinski definition) is 2. The van der Waals surface area contributed by atoms with E-state index < -0.39 is 4.92 Å². The fourth-order valence-corrected chi connectivity index (χ4v) is 2.66. The van der Waals surface area contributed by atoms with E-state index in [0.717, 1.165) is 10.9 Å². The van der Waals surface area contributed by atoms with Crippen molar-refractivity contribution in [3.63, 3.8) is 0 Å². The van der Waals surface area contributed by atoms with Crippen molar-refractivity contribution in [2.45, 2.75) is 0 Å². The summed E-state index contributed by atoms with van der Waals surface area (Å²) in [4.78, 5) is 23.7. The molecule has 8 nitrogen and oxygen atoms in total. The molecule has 4 aromatic rings. The van der Waals surface area contributed by atoms with Gasteiger partial charge in [-0.05, 0) is 30.3 Å². The summed E-state index contributed by atoms with van der Waals surface area (Å²) < 4.78 is 0. The Morgan fingerprint density at radius 1 is 1.04 bits per heavy atom. The van der Waals surface area contributed by atoms with Gasteiger partial charge in [0.2, 0.25) is 0 Å². The highest BCUT2D eigenvalue weighted by atomic mass is 16.6. The van der Waals surface area contributed by atoms with Crippen molar-refractivity contribution in [1.82, 2.24) is 15.0 Å². The number of phenolic OH excluding ortho intramolecular Hbond substituents is 1. The van der Waals surface area contributed by atoms with Gasteiger partial charge >= 0.3 is 0 Å². The van der Waals surface area contributed by atoms with E-state index in [4.69, 9.17) is 0 Å². The summed E-state index contributed by atoms with van der Waals surface area (Å²) in [5.41, 5.74) is 1.47. The van der Waals surface area contributed by atoms with Crippen LogP contribution in [0.15, 0.2) is 67.0 Å². The van der Waals surface area contributed by atoms with E-state index in [1.807, 2.05) is 30.3 Å². The molecule has 27 heavy (non-hydrogen) atoms. The molecule has 0 amide bonds. The van der Waals surface area contributed by atoms with Gasteiger partial charge in [0.05, 0.1) is 16.1 Å². The smallest absolute Gasteiger partial charge is 0.271 e. The van der Waals surface area contributed by atoms with Crippen LogP contribution in [0.3, 0.4) is 0 Å². The third-order valence-corrected chi connectivity index (χ3v) is 3.97. The van der Waals surface area contributed by atoms with Crippen LogP contribution in [0.5, 0.6) is 5.75 Å². The Bertz CT molecular complexity index is 1150. The number of aromatic hydroxyl groups is 1. The lowest BCUT2D eigenvalue weighted by Gasteiger charge is -2.12. The van der Waals surface area contributed by atoms with Gasteiger partial charge in [-0.2, -0.15) is 0 Å². The first kappa shape index (κ1) is 16.4. The number of benzene rings is 2. The molecule has 0 saturated heterocycles. The molecule has 0 fully saturated rings. The van der Waals surface area contributed by atoms with E-state index in [-0.39, 0.29) is 17.1 Å². The van der Waals surface area contributed by atoms with Gasteiger partial charge in [0.15, 0.2) is 5.82 Å². The Morgan fingerprint density at radius 2 is 1.89 bits per heavy atom. The van der Waals surface area contributed by atoms with Crippen molar-refractivity contribution in [3.8, 4) is 17.1 Å². The summed E-state index contributed by atoms with van der Waals surface area (Å²) >= 11 is 0. The highest BCUT2D eigenvalue weighted by Crippen LogP contribution is 2.33. The summed E-state index contributed by atoms with van der Waals surface area (Å²) in [6, 6.07) is 14.8. The third-order valence-electron chi connectivity index (χ3n) is 3.97. The number of rotatable bonds is 4. The minimum Gasteiger partial charge on any atom is -0.506 e. The highest BCUT2D eigenvalue weighted by Gasteiger charge is 2.14. The zero-order valence-electron chi connectivity index (χ0n) is 13.9. The molecule has 0 saturated carbocycles.